The van der Waals surface area contributed by atoms with Crippen LogP contribution in [0.1, 0.15) is 11.1 Å². The molecule has 0 fully saturated rings. The Morgan fingerprint density at radius 1 is 1.05 bits per heavy atom. The predicted molar refractivity (Wildman–Crippen MR) is 89.0 cm³/mol. The van der Waals surface area contributed by atoms with Crippen LogP contribution in [0.25, 0.3) is 22.4 Å². The van der Waals surface area contributed by atoms with Gasteiger partial charge in [0.25, 0.3) is 0 Å². The summed E-state index contributed by atoms with van der Waals surface area (Å²) in [5.41, 5.74) is 11.9. The lowest BCUT2D eigenvalue weighted by Crippen LogP contribution is -1.89. The summed E-state index contributed by atoms with van der Waals surface area (Å²) in [6.45, 7) is 4.10. The Balaban J connectivity index is 2.24. The fraction of sp³-hybridized carbons (Fsp3) is 0.118. The fourth-order valence-electron chi connectivity index (χ4n) is 2.39. The van der Waals surface area contributed by atoms with Crippen molar-refractivity contribution in [1.82, 2.24) is 5.16 Å². The van der Waals surface area contributed by atoms with Crippen LogP contribution in [0, 0.1) is 13.8 Å². The van der Waals surface area contributed by atoms with Gasteiger partial charge in [-0.15, -0.1) is 0 Å². The quantitative estimate of drug-likeness (QED) is 0.715. The second kappa shape index (κ2) is 5.37. The van der Waals surface area contributed by atoms with Crippen LogP contribution in [-0.2, 0) is 0 Å². The van der Waals surface area contributed by atoms with Gasteiger partial charge in [-0.1, -0.05) is 62.5 Å². The lowest BCUT2D eigenvalue weighted by molar-refractivity contribution is 0.439. The van der Waals surface area contributed by atoms with Gasteiger partial charge in [-0.2, -0.15) is 0 Å². The summed E-state index contributed by atoms with van der Waals surface area (Å²) < 4.78 is 6.21. The molecule has 106 valence electrons. The second-order valence-electron chi connectivity index (χ2n) is 5.12. The van der Waals surface area contributed by atoms with Crippen LogP contribution in [-0.4, -0.2) is 5.16 Å². The molecule has 3 aromatic rings. The SMILES string of the molecule is Cc1cccc(-c2c(-c3cc(C)ccc3Br)noc2N)c1. The van der Waals surface area contributed by atoms with Crippen LogP contribution in [0.3, 0.4) is 0 Å². The molecule has 4 heteroatoms. The summed E-state index contributed by atoms with van der Waals surface area (Å²) in [5.74, 6) is 0.337. The molecule has 0 amide bonds. The molecular formula is C17H15BrN2O. The molecule has 0 aliphatic rings. The standard InChI is InChI=1S/C17H15BrN2O/c1-10-4-3-5-12(8-10)15-16(20-21-17(15)19)13-9-11(2)6-7-14(13)18/h3-9H,19H2,1-2H3. The number of halogens is 1. The van der Waals surface area contributed by atoms with Crippen molar-refractivity contribution in [3.05, 3.63) is 58.1 Å². The van der Waals surface area contributed by atoms with Gasteiger partial charge in [-0.05, 0) is 31.5 Å². The van der Waals surface area contributed by atoms with E-state index in [9.17, 15) is 0 Å². The minimum absolute atomic E-state index is 0.337. The Bertz CT molecular complexity index is 808. The predicted octanol–water partition coefficient (Wildman–Crippen LogP) is 4.97. The molecule has 3 rings (SSSR count). The number of nitrogen functional groups attached to an aromatic ring is 1. The highest BCUT2D eigenvalue weighted by Crippen LogP contribution is 2.39. The maximum absolute atomic E-state index is 6.00. The van der Waals surface area contributed by atoms with Gasteiger partial charge in [-0.25, -0.2) is 0 Å². The van der Waals surface area contributed by atoms with Crippen molar-refractivity contribution in [2.24, 2.45) is 0 Å². The molecule has 1 aromatic heterocycles. The van der Waals surface area contributed by atoms with Crippen LogP contribution in [0.4, 0.5) is 5.88 Å². The zero-order valence-electron chi connectivity index (χ0n) is 11.9. The third-order valence-corrected chi connectivity index (χ3v) is 4.09. The van der Waals surface area contributed by atoms with E-state index in [-0.39, 0.29) is 0 Å². The maximum atomic E-state index is 6.00. The van der Waals surface area contributed by atoms with E-state index >= 15 is 0 Å². The van der Waals surface area contributed by atoms with Gasteiger partial charge in [0.1, 0.15) is 5.69 Å². The highest BCUT2D eigenvalue weighted by Gasteiger charge is 2.19. The van der Waals surface area contributed by atoms with Gasteiger partial charge in [0.15, 0.2) is 0 Å². The molecule has 0 saturated carbocycles. The molecule has 0 aliphatic carbocycles. The van der Waals surface area contributed by atoms with Gasteiger partial charge in [0.05, 0.1) is 5.56 Å². The largest absolute Gasteiger partial charge is 0.367 e. The van der Waals surface area contributed by atoms with Crippen LogP contribution in [0.15, 0.2) is 51.5 Å². The Hall–Kier alpha value is -2.07. The molecule has 3 nitrogen and oxygen atoms in total. The first-order chi connectivity index (χ1) is 10.1. The Labute approximate surface area is 131 Å². The number of hydrogen-bond donors (Lipinski definition) is 1. The first-order valence-electron chi connectivity index (χ1n) is 6.65. The molecule has 0 spiro atoms. The summed E-state index contributed by atoms with van der Waals surface area (Å²) in [6, 6.07) is 14.3. The van der Waals surface area contributed by atoms with Crippen molar-refractivity contribution < 1.29 is 4.52 Å². The van der Waals surface area contributed by atoms with E-state index in [0.717, 1.165) is 32.4 Å². The summed E-state index contributed by atoms with van der Waals surface area (Å²) in [6.07, 6.45) is 0. The first kappa shape index (κ1) is 13.9. The van der Waals surface area contributed by atoms with E-state index < -0.39 is 0 Å². The van der Waals surface area contributed by atoms with E-state index in [0.29, 0.717) is 5.88 Å². The first-order valence-corrected chi connectivity index (χ1v) is 7.44. The third-order valence-electron chi connectivity index (χ3n) is 3.40. The van der Waals surface area contributed by atoms with Crippen molar-refractivity contribution in [3.63, 3.8) is 0 Å². The number of nitrogens with zero attached hydrogens (tertiary/aromatic N) is 1. The molecule has 1 heterocycles. The Morgan fingerprint density at radius 2 is 1.81 bits per heavy atom. The number of nitrogens with two attached hydrogens (primary N) is 1. The van der Waals surface area contributed by atoms with Crippen LogP contribution in [0.5, 0.6) is 0 Å². The highest BCUT2D eigenvalue weighted by molar-refractivity contribution is 9.10. The lowest BCUT2D eigenvalue weighted by atomic mass is 9.99. The molecule has 0 atom stereocenters. The molecule has 0 bridgehead atoms. The van der Waals surface area contributed by atoms with E-state index in [2.05, 4.69) is 46.2 Å². The van der Waals surface area contributed by atoms with Gasteiger partial charge in [0.2, 0.25) is 5.88 Å². The molecule has 2 aromatic carbocycles. The molecule has 0 radical (unpaired) electrons. The van der Waals surface area contributed by atoms with Crippen LogP contribution in [0.2, 0.25) is 0 Å². The van der Waals surface area contributed by atoms with Gasteiger partial charge in [-0.3, -0.25) is 0 Å². The average Bonchev–Trinajstić information content (AvgIpc) is 2.83. The van der Waals surface area contributed by atoms with Crippen LogP contribution < -0.4 is 5.73 Å². The van der Waals surface area contributed by atoms with Crippen molar-refractivity contribution in [1.29, 1.82) is 0 Å². The van der Waals surface area contributed by atoms with Crippen molar-refractivity contribution in [2.75, 3.05) is 5.73 Å². The smallest absolute Gasteiger partial charge is 0.230 e. The van der Waals surface area contributed by atoms with E-state index in [1.54, 1.807) is 0 Å². The maximum Gasteiger partial charge on any atom is 0.230 e. The van der Waals surface area contributed by atoms with E-state index in [1.165, 1.54) is 5.56 Å². The monoisotopic (exact) mass is 342 g/mol. The van der Waals surface area contributed by atoms with Gasteiger partial charge in [0, 0.05) is 10.0 Å². The van der Waals surface area contributed by atoms with Gasteiger partial charge < -0.3 is 10.3 Å². The molecule has 0 saturated heterocycles. The Kier molecular flexibility index (Phi) is 3.55. The third kappa shape index (κ3) is 2.59. The summed E-state index contributed by atoms with van der Waals surface area (Å²) in [4.78, 5) is 0. The van der Waals surface area contributed by atoms with E-state index in [4.69, 9.17) is 10.3 Å². The number of anilines is 1. The van der Waals surface area contributed by atoms with Crippen molar-refractivity contribution in [2.45, 2.75) is 13.8 Å². The van der Waals surface area contributed by atoms with Gasteiger partial charge >= 0.3 is 0 Å². The lowest BCUT2D eigenvalue weighted by Gasteiger charge is -2.06. The zero-order valence-corrected chi connectivity index (χ0v) is 13.4. The molecule has 2 N–H and O–H groups in total. The van der Waals surface area contributed by atoms with Crippen molar-refractivity contribution >= 4 is 21.8 Å². The number of hydrogen-bond acceptors (Lipinski definition) is 3. The number of aryl methyl sites for hydroxylation is 2. The molecule has 0 unspecified atom stereocenters. The van der Waals surface area contributed by atoms with Crippen LogP contribution >= 0.6 is 15.9 Å². The second-order valence-corrected chi connectivity index (χ2v) is 5.98. The normalized spacial score (nSPS) is 10.8. The van der Waals surface area contributed by atoms with Crippen molar-refractivity contribution in [3.8, 4) is 22.4 Å². The fourth-order valence-corrected chi connectivity index (χ4v) is 2.82. The minimum Gasteiger partial charge on any atom is -0.367 e. The zero-order chi connectivity index (χ0) is 15.0. The number of rotatable bonds is 2. The summed E-state index contributed by atoms with van der Waals surface area (Å²) >= 11 is 3.58. The number of aromatic nitrogens is 1. The molecule has 21 heavy (non-hydrogen) atoms. The average molecular weight is 343 g/mol. The highest BCUT2D eigenvalue weighted by atomic mass is 79.9. The topological polar surface area (TPSA) is 52.0 Å². The minimum atomic E-state index is 0.337. The molecule has 0 aliphatic heterocycles. The Morgan fingerprint density at radius 3 is 2.57 bits per heavy atom. The molecular weight excluding hydrogens is 328 g/mol. The number of benzene rings is 2. The summed E-state index contributed by atoms with van der Waals surface area (Å²) in [7, 11) is 0. The van der Waals surface area contributed by atoms with E-state index in [1.807, 2.05) is 31.2 Å². The summed E-state index contributed by atoms with van der Waals surface area (Å²) in [5, 5.41) is 4.16.